The summed E-state index contributed by atoms with van der Waals surface area (Å²) < 4.78 is 12.4. The molecular weight excluding hydrogens is 332 g/mol. The maximum absolute atomic E-state index is 13.2. The van der Waals surface area contributed by atoms with E-state index in [-0.39, 0.29) is 5.91 Å². The van der Waals surface area contributed by atoms with Crippen molar-refractivity contribution in [1.82, 2.24) is 14.7 Å². The summed E-state index contributed by atoms with van der Waals surface area (Å²) in [5.74, 6) is 0.284. The quantitative estimate of drug-likeness (QED) is 0.815. The van der Waals surface area contributed by atoms with Crippen molar-refractivity contribution in [3.63, 3.8) is 0 Å². The van der Waals surface area contributed by atoms with Crippen molar-refractivity contribution in [2.45, 2.75) is 25.4 Å². The average Bonchev–Trinajstić information content (AvgIpc) is 2.88. The molecule has 140 valence electrons. The van der Waals surface area contributed by atoms with E-state index >= 15 is 0 Å². The second kappa shape index (κ2) is 7.47. The lowest BCUT2D eigenvalue weighted by molar-refractivity contribution is -0.0815. The molecule has 2 N–H and O–H groups in total. The number of carbonyl (C=O) groups excluding carboxylic acids is 1. The Kier molecular flexibility index (Phi) is 5.29. The lowest BCUT2D eigenvalue weighted by Crippen LogP contribution is -2.66. The van der Waals surface area contributed by atoms with Crippen LogP contribution in [0.1, 0.15) is 28.0 Å². The van der Waals surface area contributed by atoms with Gasteiger partial charge in [0.25, 0.3) is 5.91 Å². The van der Waals surface area contributed by atoms with E-state index in [2.05, 4.69) is 5.10 Å². The number of rotatable bonds is 7. The lowest BCUT2D eigenvalue weighted by atomic mass is 9.85. The molecule has 1 aromatic carbocycles. The molecule has 0 unspecified atom stereocenters. The Balaban J connectivity index is 1.86. The van der Waals surface area contributed by atoms with Crippen molar-refractivity contribution in [2.24, 2.45) is 0 Å². The lowest BCUT2D eigenvalue weighted by Gasteiger charge is -2.52. The molecule has 1 amide bonds. The van der Waals surface area contributed by atoms with Crippen LogP contribution in [0.4, 0.5) is 5.82 Å². The van der Waals surface area contributed by atoms with E-state index in [4.69, 9.17) is 15.2 Å². The van der Waals surface area contributed by atoms with E-state index in [1.807, 2.05) is 37.3 Å². The number of aromatic nitrogens is 2. The van der Waals surface area contributed by atoms with Crippen molar-refractivity contribution in [3.05, 3.63) is 47.2 Å². The Bertz CT molecular complexity index is 767. The van der Waals surface area contributed by atoms with E-state index in [0.29, 0.717) is 43.4 Å². The van der Waals surface area contributed by atoms with Crippen molar-refractivity contribution in [1.29, 1.82) is 0 Å². The molecule has 0 atom stereocenters. The number of amides is 1. The van der Waals surface area contributed by atoms with Gasteiger partial charge in [-0.15, -0.1) is 0 Å². The molecule has 1 aliphatic rings. The summed E-state index contributed by atoms with van der Waals surface area (Å²) in [6.07, 6.45) is 0.845. The second-order valence-electron chi connectivity index (χ2n) is 6.79. The number of carbonyl (C=O) groups is 1. The number of methoxy groups -OCH3 is 2. The monoisotopic (exact) mass is 358 g/mol. The molecule has 2 aromatic rings. The van der Waals surface area contributed by atoms with Crippen LogP contribution in [-0.2, 0) is 16.0 Å². The van der Waals surface area contributed by atoms with Crippen LogP contribution in [0.25, 0.3) is 0 Å². The molecule has 0 radical (unpaired) electrons. The SMILES string of the molecule is COCC1(COC)CCN1C(=O)c1c(C)nn(Cc2ccccc2)c1N. The summed E-state index contributed by atoms with van der Waals surface area (Å²) >= 11 is 0. The molecule has 1 aliphatic heterocycles. The third-order valence-electron chi connectivity index (χ3n) is 5.00. The molecule has 1 aromatic heterocycles. The summed E-state index contributed by atoms with van der Waals surface area (Å²) in [4.78, 5) is 15.0. The first-order valence-corrected chi connectivity index (χ1v) is 8.69. The van der Waals surface area contributed by atoms with Gasteiger partial charge < -0.3 is 20.1 Å². The highest BCUT2D eigenvalue weighted by Gasteiger charge is 2.48. The van der Waals surface area contributed by atoms with Crippen molar-refractivity contribution in [2.75, 3.05) is 39.7 Å². The number of anilines is 1. The molecule has 3 rings (SSSR count). The van der Waals surface area contributed by atoms with Gasteiger partial charge in [-0.05, 0) is 18.9 Å². The maximum atomic E-state index is 13.2. The molecule has 0 bridgehead atoms. The number of hydrogen-bond acceptors (Lipinski definition) is 5. The minimum Gasteiger partial charge on any atom is -0.383 e. The third kappa shape index (κ3) is 3.20. The van der Waals surface area contributed by atoms with Gasteiger partial charge in [-0.3, -0.25) is 4.79 Å². The molecule has 0 aliphatic carbocycles. The zero-order valence-corrected chi connectivity index (χ0v) is 15.6. The van der Waals surface area contributed by atoms with Crippen molar-refractivity contribution >= 4 is 11.7 Å². The van der Waals surface area contributed by atoms with Gasteiger partial charge in [0.2, 0.25) is 0 Å². The first-order chi connectivity index (χ1) is 12.5. The number of aryl methyl sites for hydroxylation is 1. The van der Waals surface area contributed by atoms with Gasteiger partial charge >= 0.3 is 0 Å². The number of nitrogens with two attached hydrogens (primary N) is 1. The molecule has 1 fully saturated rings. The molecular formula is C19H26N4O3. The number of hydrogen-bond donors (Lipinski definition) is 1. The van der Waals surface area contributed by atoms with Crippen LogP contribution >= 0.6 is 0 Å². The third-order valence-corrected chi connectivity index (χ3v) is 5.00. The maximum Gasteiger partial charge on any atom is 0.260 e. The summed E-state index contributed by atoms with van der Waals surface area (Å²) in [7, 11) is 3.27. The van der Waals surface area contributed by atoms with Crippen molar-refractivity contribution < 1.29 is 14.3 Å². The van der Waals surface area contributed by atoms with E-state index in [1.165, 1.54) is 0 Å². The van der Waals surface area contributed by atoms with Crippen LogP contribution in [0.3, 0.4) is 0 Å². The minimum absolute atomic E-state index is 0.111. The summed E-state index contributed by atoms with van der Waals surface area (Å²) in [5, 5.41) is 4.49. The number of benzene rings is 1. The number of ether oxygens (including phenoxy) is 2. The summed E-state index contributed by atoms with van der Waals surface area (Å²) in [6.45, 7) is 3.88. The minimum atomic E-state index is -0.430. The van der Waals surface area contributed by atoms with Gasteiger partial charge in [0.15, 0.2) is 0 Å². The van der Waals surface area contributed by atoms with E-state index in [9.17, 15) is 4.79 Å². The second-order valence-corrected chi connectivity index (χ2v) is 6.79. The highest BCUT2D eigenvalue weighted by Crippen LogP contribution is 2.34. The van der Waals surface area contributed by atoms with Crippen LogP contribution in [0.15, 0.2) is 30.3 Å². The Hall–Kier alpha value is -2.38. The molecule has 0 spiro atoms. The predicted molar refractivity (Wildman–Crippen MR) is 99.1 cm³/mol. The summed E-state index contributed by atoms with van der Waals surface area (Å²) in [6, 6.07) is 9.92. The van der Waals surface area contributed by atoms with Crippen LogP contribution in [0, 0.1) is 6.92 Å². The fraction of sp³-hybridized carbons (Fsp3) is 0.474. The standard InChI is InChI=1S/C19H26N4O3/c1-14-16(17(20)23(21-14)11-15-7-5-4-6-8-15)18(24)22-10-9-19(22,12-25-2)13-26-3/h4-8H,9-13,20H2,1-3H3. The van der Waals surface area contributed by atoms with Crippen LogP contribution in [0.5, 0.6) is 0 Å². The molecule has 2 heterocycles. The van der Waals surface area contributed by atoms with Gasteiger partial charge in [0.1, 0.15) is 11.4 Å². The molecule has 7 heteroatoms. The Morgan fingerprint density at radius 2 is 1.88 bits per heavy atom. The first-order valence-electron chi connectivity index (χ1n) is 8.69. The zero-order chi connectivity index (χ0) is 18.7. The molecule has 7 nitrogen and oxygen atoms in total. The highest BCUT2D eigenvalue weighted by atomic mass is 16.5. The average molecular weight is 358 g/mol. The molecule has 0 saturated carbocycles. The normalized spacial score (nSPS) is 15.7. The fourth-order valence-electron chi connectivity index (χ4n) is 3.61. The first kappa shape index (κ1) is 18.4. The highest BCUT2D eigenvalue weighted by molar-refractivity contribution is 6.00. The largest absolute Gasteiger partial charge is 0.383 e. The van der Waals surface area contributed by atoms with Gasteiger partial charge in [0.05, 0.1) is 31.0 Å². The van der Waals surface area contributed by atoms with Gasteiger partial charge in [0, 0.05) is 20.8 Å². The van der Waals surface area contributed by atoms with Crippen LogP contribution in [-0.4, -0.2) is 60.1 Å². The Morgan fingerprint density at radius 3 is 2.42 bits per heavy atom. The fourth-order valence-corrected chi connectivity index (χ4v) is 3.61. The van der Waals surface area contributed by atoms with Gasteiger partial charge in [-0.25, -0.2) is 4.68 Å². The van der Waals surface area contributed by atoms with Crippen molar-refractivity contribution in [3.8, 4) is 0 Å². The number of nitrogens with zero attached hydrogens (tertiary/aromatic N) is 3. The van der Waals surface area contributed by atoms with Gasteiger partial charge in [-0.2, -0.15) is 5.10 Å². The van der Waals surface area contributed by atoms with E-state index < -0.39 is 5.54 Å². The molecule has 1 saturated heterocycles. The van der Waals surface area contributed by atoms with Crippen LogP contribution in [0.2, 0.25) is 0 Å². The topological polar surface area (TPSA) is 82.6 Å². The molecule has 26 heavy (non-hydrogen) atoms. The Labute approximate surface area is 153 Å². The Morgan fingerprint density at radius 1 is 1.23 bits per heavy atom. The summed E-state index contributed by atoms with van der Waals surface area (Å²) in [5.41, 5.74) is 8.06. The van der Waals surface area contributed by atoms with Crippen LogP contribution < -0.4 is 5.73 Å². The predicted octanol–water partition coefficient (Wildman–Crippen LogP) is 1.70. The van der Waals surface area contributed by atoms with E-state index in [0.717, 1.165) is 12.0 Å². The number of nitrogen functional groups attached to an aromatic ring is 1. The smallest absolute Gasteiger partial charge is 0.260 e. The number of likely N-dealkylation sites (tertiary alicyclic amines) is 1. The van der Waals surface area contributed by atoms with E-state index in [1.54, 1.807) is 23.8 Å². The van der Waals surface area contributed by atoms with Gasteiger partial charge in [-0.1, -0.05) is 30.3 Å². The zero-order valence-electron chi connectivity index (χ0n) is 15.6.